The highest BCUT2D eigenvalue weighted by atomic mass is 32.2. The second kappa shape index (κ2) is 7.44. The Morgan fingerprint density at radius 3 is 2.19 bits per heavy atom. The molecule has 140 valence electrons. The summed E-state index contributed by atoms with van der Waals surface area (Å²) in [5, 5.41) is 4.54. The molecule has 0 aliphatic rings. The van der Waals surface area contributed by atoms with Crippen LogP contribution >= 0.6 is 11.8 Å². The summed E-state index contributed by atoms with van der Waals surface area (Å²) < 4.78 is 1.69. The summed E-state index contributed by atoms with van der Waals surface area (Å²) in [4.78, 5) is 19.9. The quantitative estimate of drug-likeness (QED) is 0.723. The zero-order chi connectivity index (χ0) is 19.6. The molecule has 0 bridgehead atoms. The van der Waals surface area contributed by atoms with Crippen molar-refractivity contribution >= 4 is 29.3 Å². The standard InChI is InChI=1S/C20H23N5OS/c1-20(2,3)17-13-18(24(4)23-17)25(19(21)26)14-5-7-15(8-6-14)27-16-9-11-22-12-10-16/h5-13H,1-4H3,(H2,21,26). The van der Waals surface area contributed by atoms with Gasteiger partial charge >= 0.3 is 6.03 Å². The van der Waals surface area contributed by atoms with Crippen LogP contribution in [0.4, 0.5) is 16.3 Å². The van der Waals surface area contributed by atoms with E-state index < -0.39 is 6.03 Å². The second-order valence-electron chi connectivity index (χ2n) is 7.21. The highest BCUT2D eigenvalue weighted by Gasteiger charge is 2.24. The van der Waals surface area contributed by atoms with Crippen LogP contribution < -0.4 is 10.6 Å². The molecular weight excluding hydrogens is 358 g/mol. The van der Waals surface area contributed by atoms with Crippen molar-refractivity contribution in [2.24, 2.45) is 12.8 Å². The molecule has 0 saturated heterocycles. The topological polar surface area (TPSA) is 77.0 Å². The van der Waals surface area contributed by atoms with Gasteiger partial charge in [-0.3, -0.25) is 9.67 Å². The number of carbonyl (C=O) groups excluding carboxylic acids is 1. The van der Waals surface area contributed by atoms with E-state index in [1.165, 1.54) is 4.90 Å². The fourth-order valence-corrected chi connectivity index (χ4v) is 3.41. The molecule has 0 aliphatic heterocycles. The van der Waals surface area contributed by atoms with E-state index in [4.69, 9.17) is 5.73 Å². The molecule has 0 atom stereocenters. The van der Waals surface area contributed by atoms with E-state index in [0.29, 0.717) is 11.5 Å². The van der Waals surface area contributed by atoms with Gasteiger partial charge in [-0.25, -0.2) is 9.69 Å². The number of nitrogens with two attached hydrogens (primary N) is 1. The number of amides is 2. The van der Waals surface area contributed by atoms with Gasteiger partial charge in [-0.15, -0.1) is 0 Å². The summed E-state index contributed by atoms with van der Waals surface area (Å²) in [7, 11) is 1.81. The van der Waals surface area contributed by atoms with Gasteiger partial charge in [0.15, 0.2) is 0 Å². The van der Waals surface area contributed by atoms with E-state index in [-0.39, 0.29) is 5.41 Å². The largest absolute Gasteiger partial charge is 0.351 e. The maximum atomic E-state index is 12.2. The molecule has 7 heteroatoms. The van der Waals surface area contributed by atoms with Crippen molar-refractivity contribution < 1.29 is 4.79 Å². The normalized spacial score (nSPS) is 11.4. The van der Waals surface area contributed by atoms with Crippen molar-refractivity contribution in [1.82, 2.24) is 14.8 Å². The molecule has 27 heavy (non-hydrogen) atoms. The summed E-state index contributed by atoms with van der Waals surface area (Å²) in [5.41, 5.74) is 7.16. The molecule has 2 N–H and O–H groups in total. The van der Waals surface area contributed by atoms with Crippen molar-refractivity contribution in [3.63, 3.8) is 0 Å². The molecular formula is C20H23N5OS. The SMILES string of the molecule is Cn1nc(C(C)(C)C)cc1N(C(N)=O)c1ccc(Sc2ccncc2)cc1. The fraction of sp³-hybridized carbons (Fsp3) is 0.250. The Hall–Kier alpha value is -2.80. The summed E-state index contributed by atoms with van der Waals surface area (Å²) in [6.45, 7) is 6.25. The Morgan fingerprint density at radius 1 is 1.07 bits per heavy atom. The first-order valence-electron chi connectivity index (χ1n) is 8.58. The first-order valence-corrected chi connectivity index (χ1v) is 9.39. The maximum absolute atomic E-state index is 12.2. The fourth-order valence-electron chi connectivity index (χ4n) is 2.61. The third-order valence-electron chi connectivity index (χ3n) is 4.05. The van der Waals surface area contributed by atoms with E-state index in [1.54, 1.807) is 28.8 Å². The zero-order valence-corrected chi connectivity index (χ0v) is 16.7. The number of rotatable bonds is 4. The molecule has 0 aliphatic carbocycles. The van der Waals surface area contributed by atoms with Crippen molar-refractivity contribution in [2.75, 3.05) is 4.90 Å². The van der Waals surface area contributed by atoms with E-state index >= 15 is 0 Å². The Labute approximate surface area is 163 Å². The minimum absolute atomic E-state index is 0.121. The Balaban J connectivity index is 1.90. The highest BCUT2D eigenvalue weighted by molar-refractivity contribution is 7.99. The lowest BCUT2D eigenvalue weighted by Crippen LogP contribution is -2.32. The van der Waals surface area contributed by atoms with Gasteiger partial charge in [0.05, 0.1) is 11.4 Å². The lowest BCUT2D eigenvalue weighted by molar-refractivity contribution is 0.255. The number of hydrogen-bond acceptors (Lipinski definition) is 4. The van der Waals surface area contributed by atoms with Crippen LogP contribution in [0.5, 0.6) is 0 Å². The van der Waals surface area contributed by atoms with E-state index in [1.807, 2.05) is 49.5 Å². The van der Waals surface area contributed by atoms with Crippen LogP contribution in [0.1, 0.15) is 26.5 Å². The Morgan fingerprint density at radius 2 is 1.67 bits per heavy atom. The van der Waals surface area contributed by atoms with Gasteiger partial charge in [-0.1, -0.05) is 32.5 Å². The van der Waals surface area contributed by atoms with Gasteiger partial charge in [0.2, 0.25) is 0 Å². The number of primary amides is 1. The van der Waals surface area contributed by atoms with Crippen LogP contribution in [0.3, 0.4) is 0 Å². The predicted octanol–water partition coefficient (Wildman–Crippen LogP) is 4.48. The van der Waals surface area contributed by atoms with Crippen molar-refractivity contribution in [3.05, 3.63) is 60.6 Å². The zero-order valence-electron chi connectivity index (χ0n) is 15.9. The van der Waals surface area contributed by atoms with Gasteiger partial charge in [-0.05, 0) is 36.4 Å². The molecule has 3 aromatic rings. The Kier molecular flexibility index (Phi) is 5.23. The molecule has 0 spiro atoms. The molecule has 2 heterocycles. The van der Waals surface area contributed by atoms with Gasteiger partial charge < -0.3 is 5.73 Å². The Bertz CT molecular complexity index is 929. The molecule has 3 rings (SSSR count). The van der Waals surface area contributed by atoms with E-state index in [2.05, 4.69) is 30.9 Å². The minimum Gasteiger partial charge on any atom is -0.351 e. The third-order valence-corrected chi connectivity index (χ3v) is 5.07. The van der Waals surface area contributed by atoms with Crippen LogP contribution in [0.25, 0.3) is 0 Å². The number of aryl methyl sites for hydroxylation is 1. The molecule has 0 radical (unpaired) electrons. The maximum Gasteiger partial charge on any atom is 0.325 e. The van der Waals surface area contributed by atoms with Crippen LogP contribution in [-0.4, -0.2) is 20.8 Å². The van der Waals surface area contributed by atoms with Crippen molar-refractivity contribution in [3.8, 4) is 0 Å². The lowest BCUT2D eigenvalue weighted by Gasteiger charge is -2.20. The average Bonchev–Trinajstić information content (AvgIpc) is 2.99. The molecule has 2 aromatic heterocycles. The van der Waals surface area contributed by atoms with E-state index in [9.17, 15) is 4.79 Å². The number of hydrogen-bond donors (Lipinski definition) is 1. The van der Waals surface area contributed by atoms with Crippen molar-refractivity contribution in [1.29, 1.82) is 0 Å². The molecule has 0 fully saturated rings. The smallest absolute Gasteiger partial charge is 0.325 e. The monoisotopic (exact) mass is 381 g/mol. The summed E-state index contributed by atoms with van der Waals surface area (Å²) in [6.07, 6.45) is 3.53. The average molecular weight is 382 g/mol. The number of nitrogens with zero attached hydrogens (tertiary/aromatic N) is 4. The van der Waals surface area contributed by atoms with Gasteiger partial charge in [0.25, 0.3) is 0 Å². The minimum atomic E-state index is -0.548. The van der Waals surface area contributed by atoms with Gasteiger partial charge in [-0.2, -0.15) is 5.10 Å². The number of carbonyl (C=O) groups is 1. The van der Waals surface area contributed by atoms with Gasteiger partial charge in [0, 0.05) is 40.7 Å². The summed E-state index contributed by atoms with van der Waals surface area (Å²) in [5.74, 6) is 0.641. The highest BCUT2D eigenvalue weighted by Crippen LogP contribution is 2.32. The number of benzene rings is 1. The van der Waals surface area contributed by atoms with Crippen LogP contribution in [0.15, 0.2) is 64.6 Å². The molecule has 2 amide bonds. The lowest BCUT2D eigenvalue weighted by atomic mass is 9.92. The van der Waals surface area contributed by atoms with Crippen molar-refractivity contribution in [2.45, 2.75) is 36.0 Å². The summed E-state index contributed by atoms with van der Waals surface area (Å²) in [6, 6.07) is 13.0. The number of pyridine rings is 1. The van der Waals surface area contributed by atoms with Crippen LogP contribution in [0.2, 0.25) is 0 Å². The first-order chi connectivity index (χ1) is 12.8. The second-order valence-corrected chi connectivity index (χ2v) is 8.36. The number of aromatic nitrogens is 3. The summed E-state index contributed by atoms with van der Waals surface area (Å²) >= 11 is 1.63. The van der Waals surface area contributed by atoms with Crippen LogP contribution in [0, 0.1) is 0 Å². The number of urea groups is 1. The first kappa shape index (κ1) is 19.0. The number of anilines is 2. The third kappa shape index (κ3) is 4.31. The van der Waals surface area contributed by atoms with E-state index in [0.717, 1.165) is 15.5 Å². The van der Waals surface area contributed by atoms with Crippen LogP contribution in [-0.2, 0) is 12.5 Å². The molecule has 6 nitrogen and oxygen atoms in total. The molecule has 1 aromatic carbocycles. The molecule has 0 unspecified atom stereocenters. The predicted molar refractivity (Wildman–Crippen MR) is 108 cm³/mol. The molecule has 0 saturated carbocycles. The van der Waals surface area contributed by atoms with Gasteiger partial charge in [0.1, 0.15) is 5.82 Å².